The number of rotatable bonds is 4. The van der Waals surface area contributed by atoms with Crippen LogP contribution in [0.3, 0.4) is 0 Å². The minimum Gasteiger partial charge on any atom is -0.336 e. The summed E-state index contributed by atoms with van der Waals surface area (Å²) in [5.74, 6) is -0.131. The second-order valence-electron chi connectivity index (χ2n) is 4.74. The zero-order chi connectivity index (χ0) is 15.6. The van der Waals surface area contributed by atoms with E-state index in [-0.39, 0.29) is 5.91 Å². The number of nitrogens with one attached hydrogen (secondary N) is 1. The van der Waals surface area contributed by atoms with Crippen molar-refractivity contribution < 1.29 is 4.79 Å². The van der Waals surface area contributed by atoms with Crippen LogP contribution in [0.15, 0.2) is 21.3 Å². The second kappa shape index (κ2) is 6.44. The van der Waals surface area contributed by atoms with Gasteiger partial charge >= 0.3 is 5.69 Å². The maximum absolute atomic E-state index is 12.6. The average Bonchev–Trinajstić information content (AvgIpc) is 2.82. The number of hydrogen-bond acceptors (Lipinski definition) is 5. The molecule has 0 aliphatic heterocycles. The van der Waals surface area contributed by atoms with E-state index < -0.39 is 5.69 Å². The number of thiophene rings is 1. The molecular formula is C14H17N3O2S2. The fraction of sp³-hybridized carbons (Fsp3) is 0.357. The molecule has 2 aromatic rings. The first kappa shape index (κ1) is 15.8. The number of hydrogen-bond donors (Lipinski definition) is 1. The number of aryl methyl sites for hydroxylation is 2. The van der Waals surface area contributed by atoms with Crippen LogP contribution in [0.2, 0.25) is 0 Å². The molecule has 1 N–H and O–H groups in total. The van der Waals surface area contributed by atoms with E-state index in [1.165, 1.54) is 17.3 Å². The Bertz CT molecular complexity index is 721. The van der Waals surface area contributed by atoms with Gasteiger partial charge in [0.25, 0.3) is 5.91 Å². The fourth-order valence-electron chi connectivity index (χ4n) is 2.00. The van der Waals surface area contributed by atoms with Gasteiger partial charge in [0.05, 0.1) is 12.1 Å². The van der Waals surface area contributed by atoms with Gasteiger partial charge < -0.3 is 9.88 Å². The summed E-state index contributed by atoms with van der Waals surface area (Å²) in [6, 6.07) is 2.04. The molecule has 0 radical (unpaired) electrons. The number of aromatic nitrogens is 2. The molecule has 1 amide bonds. The van der Waals surface area contributed by atoms with Crippen LogP contribution in [-0.4, -0.2) is 34.1 Å². The summed E-state index contributed by atoms with van der Waals surface area (Å²) in [7, 11) is 1.76. The smallest absolute Gasteiger partial charge is 0.336 e. The van der Waals surface area contributed by atoms with Gasteiger partial charge in [0.2, 0.25) is 0 Å². The summed E-state index contributed by atoms with van der Waals surface area (Å²) in [5.41, 5.74) is 1.78. The van der Waals surface area contributed by atoms with E-state index in [9.17, 15) is 9.59 Å². The SMILES string of the molecule is CSc1nc(=O)[nH]c(C)c1C(=O)N(C)Cc1sccc1C. The highest BCUT2D eigenvalue weighted by atomic mass is 32.2. The van der Waals surface area contributed by atoms with E-state index in [1.807, 2.05) is 18.4 Å². The minimum absolute atomic E-state index is 0.131. The Hall–Kier alpha value is -1.60. The number of nitrogens with zero attached hydrogens (tertiary/aromatic N) is 2. The van der Waals surface area contributed by atoms with Crippen molar-refractivity contribution in [3.63, 3.8) is 0 Å². The molecule has 0 atom stereocenters. The first-order chi connectivity index (χ1) is 9.93. The van der Waals surface area contributed by atoms with Gasteiger partial charge in [0, 0.05) is 17.6 Å². The Morgan fingerprint density at radius 3 is 2.76 bits per heavy atom. The van der Waals surface area contributed by atoms with E-state index >= 15 is 0 Å². The molecule has 0 aliphatic rings. The van der Waals surface area contributed by atoms with Crippen molar-refractivity contribution in [2.45, 2.75) is 25.4 Å². The molecule has 0 saturated carbocycles. The molecule has 7 heteroatoms. The highest BCUT2D eigenvalue weighted by molar-refractivity contribution is 7.98. The Balaban J connectivity index is 2.31. The summed E-state index contributed by atoms with van der Waals surface area (Å²) < 4.78 is 0. The van der Waals surface area contributed by atoms with E-state index in [0.717, 1.165) is 4.88 Å². The summed E-state index contributed by atoms with van der Waals surface area (Å²) in [4.78, 5) is 33.3. The van der Waals surface area contributed by atoms with Crippen molar-refractivity contribution in [3.05, 3.63) is 43.6 Å². The molecule has 5 nitrogen and oxygen atoms in total. The normalized spacial score (nSPS) is 10.7. The van der Waals surface area contributed by atoms with Crippen LogP contribution < -0.4 is 5.69 Å². The predicted molar refractivity (Wildman–Crippen MR) is 86.2 cm³/mol. The van der Waals surface area contributed by atoms with Crippen LogP contribution in [0.1, 0.15) is 26.5 Å². The Morgan fingerprint density at radius 2 is 2.19 bits per heavy atom. The van der Waals surface area contributed by atoms with Crippen LogP contribution >= 0.6 is 23.1 Å². The van der Waals surface area contributed by atoms with E-state index in [4.69, 9.17) is 0 Å². The number of carbonyl (C=O) groups is 1. The van der Waals surface area contributed by atoms with Crippen molar-refractivity contribution in [2.75, 3.05) is 13.3 Å². The third kappa shape index (κ3) is 3.36. The summed E-state index contributed by atoms with van der Waals surface area (Å²) in [6.45, 7) is 4.30. The number of amides is 1. The molecule has 0 saturated heterocycles. The van der Waals surface area contributed by atoms with Crippen molar-refractivity contribution in [2.24, 2.45) is 0 Å². The van der Waals surface area contributed by atoms with E-state index in [1.54, 1.807) is 36.5 Å². The molecule has 0 spiro atoms. The quantitative estimate of drug-likeness (QED) is 0.693. The standard InChI is InChI=1S/C14H17N3O2S2/c1-8-5-6-21-10(8)7-17(3)13(18)11-9(2)15-14(19)16-12(11)20-4/h5-6H,7H2,1-4H3,(H,15,16,19). The number of aromatic amines is 1. The van der Waals surface area contributed by atoms with Gasteiger partial charge in [-0.05, 0) is 37.1 Å². The second-order valence-corrected chi connectivity index (χ2v) is 6.53. The average molecular weight is 323 g/mol. The molecule has 0 bridgehead atoms. The highest BCUT2D eigenvalue weighted by Crippen LogP contribution is 2.22. The maximum Gasteiger partial charge on any atom is 0.346 e. The van der Waals surface area contributed by atoms with Gasteiger partial charge in [-0.2, -0.15) is 4.98 Å². The molecule has 0 aliphatic carbocycles. The minimum atomic E-state index is -0.426. The van der Waals surface area contributed by atoms with Crippen LogP contribution in [-0.2, 0) is 6.54 Å². The van der Waals surface area contributed by atoms with Gasteiger partial charge in [0.15, 0.2) is 0 Å². The third-order valence-corrected chi connectivity index (χ3v) is 4.88. The maximum atomic E-state index is 12.6. The van der Waals surface area contributed by atoms with Crippen molar-refractivity contribution in [1.82, 2.24) is 14.9 Å². The lowest BCUT2D eigenvalue weighted by atomic mass is 10.2. The number of thioether (sulfide) groups is 1. The first-order valence-electron chi connectivity index (χ1n) is 6.37. The van der Waals surface area contributed by atoms with Crippen LogP contribution in [0.4, 0.5) is 0 Å². The van der Waals surface area contributed by atoms with E-state index in [2.05, 4.69) is 9.97 Å². The molecule has 21 heavy (non-hydrogen) atoms. The Labute approximate surface area is 131 Å². The Morgan fingerprint density at radius 1 is 1.48 bits per heavy atom. The monoisotopic (exact) mass is 323 g/mol. The van der Waals surface area contributed by atoms with Gasteiger partial charge in [-0.15, -0.1) is 23.1 Å². The zero-order valence-corrected chi connectivity index (χ0v) is 14.0. The van der Waals surface area contributed by atoms with E-state index in [0.29, 0.717) is 22.8 Å². The lowest BCUT2D eigenvalue weighted by Gasteiger charge is -2.19. The zero-order valence-electron chi connectivity index (χ0n) is 12.4. The third-order valence-electron chi connectivity index (χ3n) is 3.19. The molecule has 2 heterocycles. The van der Waals surface area contributed by atoms with Gasteiger partial charge in [-0.1, -0.05) is 0 Å². The molecule has 112 valence electrons. The van der Waals surface area contributed by atoms with Crippen molar-refractivity contribution in [3.8, 4) is 0 Å². The summed E-state index contributed by atoms with van der Waals surface area (Å²) >= 11 is 2.94. The molecule has 0 unspecified atom stereocenters. The van der Waals surface area contributed by atoms with Crippen molar-refractivity contribution in [1.29, 1.82) is 0 Å². The molecule has 0 fully saturated rings. The van der Waals surface area contributed by atoms with Crippen molar-refractivity contribution >= 4 is 29.0 Å². The van der Waals surface area contributed by atoms with Crippen LogP contribution in [0.25, 0.3) is 0 Å². The van der Waals surface area contributed by atoms with Gasteiger partial charge in [-0.25, -0.2) is 4.79 Å². The lowest BCUT2D eigenvalue weighted by molar-refractivity contribution is 0.0780. The molecule has 2 rings (SSSR count). The summed E-state index contributed by atoms with van der Waals surface area (Å²) in [5, 5.41) is 2.49. The van der Waals surface area contributed by atoms with Gasteiger partial charge in [0.1, 0.15) is 5.03 Å². The molecule has 0 aromatic carbocycles. The molecular weight excluding hydrogens is 306 g/mol. The van der Waals surface area contributed by atoms with Crippen LogP contribution in [0.5, 0.6) is 0 Å². The highest BCUT2D eigenvalue weighted by Gasteiger charge is 2.21. The number of carbonyl (C=O) groups excluding carboxylic acids is 1. The largest absolute Gasteiger partial charge is 0.346 e. The lowest BCUT2D eigenvalue weighted by Crippen LogP contribution is -2.29. The number of H-pyrrole nitrogens is 1. The Kier molecular flexibility index (Phi) is 4.84. The first-order valence-corrected chi connectivity index (χ1v) is 8.47. The van der Waals surface area contributed by atoms with Gasteiger partial charge in [-0.3, -0.25) is 4.79 Å². The fourth-order valence-corrected chi connectivity index (χ4v) is 3.58. The van der Waals surface area contributed by atoms with Crippen LogP contribution in [0, 0.1) is 13.8 Å². The predicted octanol–water partition coefficient (Wildman–Crippen LogP) is 2.44. The summed E-state index contributed by atoms with van der Waals surface area (Å²) in [6.07, 6.45) is 1.81. The topological polar surface area (TPSA) is 66.1 Å². The molecule has 2 aromatic heterocycles.